The summed E-state index contributed by atoms with van der Waals surface area (Å²) in [5, 5.41) is 7.47. The van der Waals surface area contributed by atoms with Gasteiger partial charge in [0.2, 0.25) is 0 Å². The molecule has 5 rings (SSSR count). The van der Waals surface area contributed by atoms with Crippen molar-refractivity contribution in [3.8, 4) is 0 Å². The highest BCUT2D eigenvalue weighted by Crippen LogP contribution is 2.62. The third-order valence-electron chi connectivity index (χ3n) is 7.80. The number of likely N-dealkylation sites (tertiary alicyclic amines) is 1. The molecule has 0 bridgehead atoms. The third kappa shape index (κ3) is 3.55. The van der Waals surface area contributed by atoms with Gasteiger partial charge in [-0.25, -0.2) is 4.39 Å². The predicted octanol–water partition coefficient (Wildman–Crippen LogP) is 2.91. The van der Waals surface area contributed by atoms with Crippen molar-refractivity contribution in [2.45, 2.75) is 63.3 Å². The summed E-state index contributed by atoms with van der Waals surface area (Å²) in [4.78, 5) is 7.00. The van der Waals surface area contributed by atoms with Crippen LogP contribution in [-0.2, 0) is 11.3 Å². The van der Waals surface area contributed by atoms with Gasteiger partial charge in [0.1, 0.15) is 5.82 Å². The van der Waals surface area contributed by atoms with Crippen LogP contribution in [0.3, 0.4) is 0 Å². The van der Waals surface area contributed by atoms with Crippen LogP contribution in [-0.4, -0.2) is 55.8 Å². The molecule has 2 heterocycles. The Bertz CT molecular complexity index is 740. The second-order valence-corrected chi connectivity index (χ2v) is 9.35. The second kappa shape index (κ2) is 7.88. The van der Waals surface area contributed by atoms with Crippen molar-refractivity contribution in [2.24, 2.45) is 16.3 Å². The van der Waals surface area contributed by atoms with Crippen LogP contribution >= 0.6 is 0 Å². The smallest absolute Gasteiger partial charge is 0.191 e. The van der Waals surface area contributed by atoms with Gasteiger partial charge in [0.15, 0.2) is 5.96 Å². The summed E-state index contributed by atoms with van der Waals surface area (Å²) in [6.07, 6.45) is 7.81. The monoisotopic (exact) mass is 400 g/mol. The lowest BCUT2D eigenvalue weighted by Crippen LogP contribution is -2.72. The maximum absolute atomic E-state index is 13.1. The molecule has 6 heteroatoms. The summed E-state index contributed by atoms with van der Waals surface area (Å²) in [5.41, 5.74) is 1.55. The van der Waals surface area contributed by atoms with E-state index in [-0.39, 0.29) is 5.82 Å². The average molecular weight is 401 g/mol. The van der Waals surface area contributed by atoms with Crippen LogP contribution in [0.5, 0.6) is 0 Å². The molecule has 4 fully saturated rings. The number of nitrogens with zero attached hydrogens (tertiary/aromatic N) is 2. The fourth-order valence-electron chi connectivity index (χ4n) is 6.05. The van der Waals surface area contributed by atoms with Gasteiger partial charge in [-0.3, -0.25) is 9.89 Å². The van der Waals surface area contributed by atoms with Crippen molar-refractivity contribution in [1.29, 1.82) is 0 Å². The molecule has 2 N–H and O–H groups in total. The molecule has 0 amide bonds. The summed E-state index contributed by atoms with van der Waals surface area (Å²) < 4.78 is 19.1. The Hall–Kier alpha value is -1.66. The minimum Gasteiger partial charge on any atom is -0.377 e. The largest absolute Gasteiger partial charge is 0.377 e. The van der Waals surface area contributed by atoms with E-state index in [1.807, 2.05) is 19.2 Å². The Morgan fingerprint density at radius 3 is 2.59 bits per heavy atom. The molecule has 3 unspecified atom stereocenters. The highest BCUT2D eigenvalue weighted by atomic mass is 19.1. The average Bonchev–Trinajstić information content (AvgIpc) is 3.12. The maximum Gasteiger partial charge on any atom is 0.191 e. The number of rotatable bonds is 4. The van der Waals surface area contributed by atoms with Gasteiger partial charge < -0.3 is 15.4 Å². The molecule has 2 aliphatic carbocycles. The Morgan fingerprint density at radius 2 is 1.93 bits per heavy atom. The number of piperidine rings is 1. The van der Waals surface area contributed by atoms with Gasteiger partial charge in [-0.15, -0.1) is 0 Å². The summed E-state index contributed by atoms with van der Waals surface area (Å²) in [5.74, 6) is 1.45. The summed E-state index contributed by atoms with van der Waals surface area (Å²) >= 11 is 0. The van der Waals surface area contributed by atoms with E-state index in [1.165, 1.54) is 31.2 Å². The van der Waals surface area contributed by atoms with E-state index in [0.29, 0.717) is 29.5 Å². The van der Waals surface area contributed by atoms with E-state index in [1.54, 1.807) is 12.1 Å². The molecular formula is C23H33FN4O. The molecule has 4 aliphatic rings. The number of fused-ring (bicyclic) bond motifs is 2. The molecule has 0 aromatic heterocycles. The first kappa shape index (κ1) is 19.3. The van der Waals surface area contributed by atoms with Gasteiger partial charge >= 0.3 is 0 Å². The van der Waals surface area contributed by atoms with Crippen molar-refractivity contribution in [3.05, 3.63) is 35.6 Å². The van der Waals surface area contributed by atoms with Crippen molar-refractivity contribution in [2.75, 3.05) is 26.7 Å². The van der Waals surface area contributed by atoms with Crippen LogP contribution in [0.4, 0.5) is 4.39 Å². The number of hydrogen-bond acceptors (Lipinski definition) is 3. The van der Waals surface area contributed by atoms with Crippen LogP contribution in [0.2, 0.25) is 0 Å². The van der Waals surface area contributed by atoms with E-state index in [2.05, 4.69) is 20.5 Å². The summed E-state index contributed by atoms with van der Waals surface area (Å²) in [6.45, 7) is 3.93. The number of hydrogen-bond donors (Lipinski definition) is 2. The normalized spacial score (nSPS) is 31.8. The van der Waals surface area contributed by atoms with Gasteiger partial charge in [0, 0.05) is 56.7 Å². The van der Waals surface area contributed by atoms with Gasteiger partial charge in [-0.2, -0.15) is 0 Å². The van der Waals surface area contributed by atoms with Crippen molar-refractivity contribution < 1.29 is 9.13 Å². The zero-order valence-electron chi connectivity index (χ0n) is 17.4. The molecule has 2 saturated heterocycles. The van der Waals surface area contributed by atoms with Crippen LogP contribution in [0, 0.1) is 17.2 Å². The highest BCUT2D eigenvalue weighted by Gasteiger charge is 2.66. The number of benzene rings is 1. The van der Waals surface area contributed by atoms with Gasteiger partial charge in [-0.05, 0) is 49.8 Å². The molecule has 1 aromatic rings. The molecule has 0 radical (unpaired) electrons. The number of aliphatic imine (C=N–C) groups is 1. The number of guanidine groups is 1. The minimum atomic E-state index is -0.166. The molecule has 29 heavy (non-hydrogen) atoms. The predicted molar refractivity (Wildman–Crippen MR) is 112 cm³/mol. The summed E-state index contributed by atoms with van der Waals surface area (Å²) in [7, 11) is 1.88. The Kier molecular flexibility index (Phi) is 5.25. The van der Waals surface area contributed by atoms with Crippen LogP contribution in [0.15, 0.2) is 29.3 Å². The van der Waals surface area contributed by atoms with Gasteiger partial charge in [-0.1, -0.05) is 18.6 Å². The summed E-state index contributed by atoms with van der Waals surface area (Å²) in [6, 6.07) is 7.86. The van der Waals surface area contributed by atoms with E-state index in [9.17, 15) is 4.39 Å². The van der Waals surface area contributed by atoms with Crippen molar-refractivity contribution >= 4 is 5.96 Å². The Balaban J connectivity index is 1.11. The fraction of sp³-hybridized carbons (Fsp3) is 0.696. The molecule has 2 saturated carbocycles. The number of ether oxygens (including phenoxy) is 1. The van der Waals surface area contributed by atoms with E-state index in [0.717, 1.165) is 45.0 Å². The van der Waals surface area contributed by atoms with E-state index >= 15 is 0 Å². The quantitative estimate of drug-likeness (QED) is 0.603. The topological polar surface area (TPSA) is 48.9 Å². The first-order valence-corrected chi connectivity index (χ1v) is 11.3. The lowest BCUT2D eigenvalue weighted by Gasteiger charge is -2.63. The Labute approximate surface area is 173 Å². The lowest BCUT2D eigenvalue weighted by atomic mass is 9.46. The first-order valence-electron chi connectivity index (χ1n) is 11.3. The highest BCUT2D eigenvalue weighted by molar-refractivity contribution is 5.80. The molecule has 5 nitrogen and oxygen atoms in total. The first-order chi connectivity index (χ1) is 14.2. The maximum atomic E-state index is 13.1. The van der Waals surface area contributed by atoms with Crippen LogP contribution < -0.4 is 10.6 Å². The molecule has 1 spiro atoms. The van der Waals surface area contributed by atoms with Crippen molar-refractivity contribution in [3.63, 3.8) is 0 Å². The Morgan fingerprint density at radius 1 is 1.17 bits per heavy atom. The molecule has 3 atom stereocenters. The standard InChI is InChI=1S/C23H33FN4O/c1-25-22(27-20-19-9-14-29-21(19)23(20)10-2-11-23)26-18-7-12-28(13-8-18)15-16-3-5-17(24)6-4-16/h3-6,18-21H,2,7-15H2,1H3,(H2,25,26,27). The SMILES string of the molecule is CN=C(NC1CCN(Cc2ccc(F)cc2)CC1)NC1C2CCOC2C12CCC2. The number of nitrogens with one attached hydrogen (secondary N) is 2. The number of halogens is 1. The van der Waals surface area contributed by atoms with Crippen LogP contribution in [0.25, 0.3) is 0 Å². The van der Waals surface area contributed by atoms with Crippen molar-refractivity contribution in [1.82, 2.24) is 15.5 Å². The fourth-order valence-corrected chi connectivity index (χ4v) is 6.05. The zero-order chi connectivity index (χ0) is 19.8. The molecule has 1 aromatic carbocycles. The van der Waals surface area contributed by atoms with Gasteiger partial charge in [0.05, 0.1) is 6.10 Å². The third-order valence-corrected chi connectivity index (χ3v) is 7.80. The van der Waals surface area contributed by atoms with E-state index in [4.69, 9.17) is 4.74 Å². The van der Waals surface area contributed by atoms with Crippen LogP contribution in [0.1, 0.15) is 44.1 Å². The minimum absolute atomic E-state index is 0.166. The molecule has 158 valence electrons. The zero-order valence-corrected chi connectivity index (χ0v) is 17.4. The van der Waals surface area contributed by atoms with Gasteiger partial charge in [0.25, 0.3) is 0 Å². The second-order valence-electron chi connectivity index (χ2n) is 9.35. The van der Waals surface area contributed by atoms with E-state index < -0.39 is 0 Å². The molecule has 2 aliphatic heterocycles. The molecular weight excluding hydrogens is 367 g/mol. The lowest BCUT2D eigenvalue weighted by molar-refractivity contribution is -0.171.